The number of alkyl halides is 2. The second-order valence-electron chi connectivity index (χ2n) is 12.1. The van der Waals surface area contributed by atoms with E-state index in [0.717, 1.165) is 51.4 Å². The molecule has 12 heteroatoms. The first kappa shape index (κ1) is 29.2. The normalized spacial score (nSPS) is 24.4. The van der Waals surface area contributed by atoms with E-state index in [-0.39, 0.29) is 17.4 Å². The number of carbonyl (C=O) groups excluding carboxylic acids is 4. The van der Waals surface area contributed by atoms with Crippen molar-refractivity contribution < 1.29 is 37.9 Å². The van der Waals surface area contributed by atoms with Crippen LogP contribution in [0.25, 0.3) is 0 Å². The average Bonchev–Trinajstić information content (AvgIpc) is 3.57. The molecule has 10 nitrogen and oxygen atoms in total. The van der Waals surface area contributed by atoms with Gasteiger partial charge in [-0.1, -0.05) is 25.7 Å². The van der Waals surface area contributed by atoms with Gasteiger partial charge in [0.05, 0.1) is 6.04 Å². The topological polar surface area (TPSA) is 145 Å². The lowest BCUT2D eigenvalue weighted by molar-refractivity contribution is -0.144. The third-order valence-electron chi connectivity index (χ3n) is 8.82. The summed E-state index contributed by atoms with van der Waals surface area (Å²) in [4.78, 5) is 65.7. The van der Waals surface area contributed by atoms with Crippen LogP contribution in [0.2, 0.25) is 0 Å². The molecule has 1 heterocycles. The molecule has 0 bridgehead atoms. The average molecular weight is 555 g/mol. The number of hydrogen-bond acceptors (Lipinski definition) is 5. The Bertz CT molecular complexity index is 972. The molecule has 1 spiro atoms. The van der Waals surface area contributed by atoms with Crippen LogP contribution in [0.15, 0.2) is 0 Å². The predicted octanol–water partition coefficient (Wildman–Crippen LogP) is 2.74. The molecule has 0 aromatic rings. The lowest BCUT2D eigenvalue weighted by atomic mass is 9.72. The minimum Gasteiger partial charge on any atom is -0.465 e. The van der Waals surface area contributed by atoms with Gasteiger partial charge in [-0.25, -0.2) is 13.6 Å². The maximum Gasteiger partial charge on any atom is 0.405 e. The molecule has 4 aliphatic rings. The van der Waals surface area contributed by atoms with E-state index in [1.165, 1.54) is 4.90 Å². The third kappa shape index (κ3) is 7.45. The largest absolute Gasteiger partial charge is 0.465 e. The maximum absolute atomic E-state index is 13.8. The molecule has 3 saturated carbocycles. The molecule has 0 aromatic heterocycles. The zero-order valence-electron chi connectivity index (χ0n) is 22.5. The van der Waals surface area contributed by atoms with E-state index in [4.69, 9.17) is 0 Å². The summed E-state index contributed by atoms with van der Waals surface area (Å²) < 4.78 is 27.4. The van der Waals surface area contributed by atoms with Gasteiger partial charge in [0.15, 0.2) is 0 Å². The van der Waals surface area contributed by atoms with Crippen LogP contribution in [-0.4, -0.2) is 76.2 Å². The fourth-order valence-electron chi connectivity index (χ4n) is 6.23. The van der Waals surface area contributed by atoms with Crippen molar-refractivity contribution in [3.8, 4) is 0 Å². The first-order valence-electron chi connectivity index (χ1n) is 14.2. The molecule has 0 radical (unpaired) electrons. The quantitative estimate of drug-likeness (QED) is 0.289. The molecule has 4 N–H and O–H groups in total. The van der Waals surface area contributed by atoms with Gasteiger partial charge in [0.25, 0.3) is 5.91 Å². The smallest absolute Gasteiger partial charge is 0.405 e. The van der Waals surface area contributed by atoms with Gasteiger partial charge in [0, 0.05) is 19.0 Å². The lowest BCUT2D eigenvalue weighted by Crippen LogP contribution is -2.58. The Morgan fingerprint density at radius 2 is 1.67 bits per heavy atom. The molecule has 4 amide bonds. The van der Waals surface area contributed by atoms with Crippen molar-refractivity contribution in [1.82, 2.24) is 20.9 Å². The van der Waals surface area contributed by atoms with E-state index < -0.39 is 66.5 Å². The van der Waals surface area contributed by atoms with Crippen LogP contribution in [-0.2, 0) is 19.2 Å². The van der Waals surface area contributed by atoms with Crippen LogP contribution < -0.4 is 16.0 Å². The first-order chi connectivity index (χ1) is 18.4. The minimum absolute atomic E-state index is 0.121. The second kappa shape index (κ2) is 11.8. The zero-order chi connectivity index (χ0) is 28.4. The summed E-state index contributed by atoms with van der Waals surface area (Å²) in [7, 11) is 0. The maximum atomic E-state index is 13.8. The van der Waals surface area contributed by atoms with Gasteiger partial charge in [-0.05, 0) is 69.6 Å². The molecule has 3 aliphatic carbocycles. The summed E-state index contributed by atoms with van der Waals surface area (Å²) in [5.74, 6) is -6.31. The molecule has 4 rings (SSSR count). The van der Waals surface area contributed by atoms with Gasteiger partial charge >= 0.3 is 6.09 Å². The molecule has 4 fully saturated rings. The van der Waals surface area contributed by atoms with Crippen LogP contribution >= 0.6 is 0 Å². The third-order valence-corrected chi connectivity index (χ3v) is 8.82. The van der Waals surface area contributed by atoms with Crippen LogP contribution in [0, 0.1) is 11.3 Å². The van der Waals surface area contributed by atoms with Gasteiger partial charge < -0.3 is 26.0 Å². The highest BCUT2D eigenvalue weighted by Crippen LogP contribution is 2.47. The van der Waals surface area contributed by atoms with Gasteiger partial charge in [-0.3, -0.25) is 19.2 Å². The minimum atomic E-state index is -3.10. The van der Waals surface area contributed by atoms with Gasteiger partial charge in [0.1, 0.15) is 12.1 Å². The number of ketones is 1. The molecular weight excluding hydrogens is 514 g/mol. The number of halogens is 2. The molecule has 0 aromatic carbocycles. The van der Waals surface area contributed by atoms with Crippen LogP contribution in [0.1, 0.15) is 90.4 Å². The van der Waals surface area contributed by atoms with Crippen molar-refractivity contribution in [2.75, 3.05) is 6.54 Å². The number of carbonyl (C=O) groups is 5. The van der Waals surface area contributed by atoms with E-state index in [2.05, 4.69) is 16.0 Å². The van der Waals surface area contributed by atoms with Gasteiger partial charge in [-0.2, -0.15) is 0 Å². The van der Waals surface area contributed by atoms with Crippen molar-refractivity contribution in [3.63, 3.8) is 0 Å². The van der Waals surface area contributed by atoms with E-state index in [1.54, 1.807) is 0 Å². The fourth-order valence-corrected chi connectivity index (χ4v) is 6.23. The number of amides is 4. The zero-order valence-corrected chi connectivity index (χ0v) is 22.5. The molecule has 1 aliphatic heterocycles. The molecule has 218 valence electrons. The molecule has 39 heavy (non-hydrogen) atoms. The Labute approximate surface area is 227 Å². The van der Waals surface area contributed by atoms with E-state index in [9.17, 15) is 37.9 Å². The van der Waals surface area contributed by atoms with Crippen molar-refractivity contribution in [1.29, 1.82) is 0 Å². The number of rotatable bonds is 11. The molecule has 3 atom stereocenters. The van der Waals surface area contributed by atoms with Gasteiger partial charge in [0.2, 0.25) is 23.5 Å². The Kier molecular flexibility index (Phi) is 8.80. The van der Waals surface area contributed by atoms with Crippen LogP contribution in [0.4, 0.5) is 13.6 Å². The summed E-state index contributed by atoms with van der Waals surface area (Å²) in [5, 5.41) is 16.8. The van der Waals surface area contributed by atoms with E-state index in [0.29, 0.717) is 32.7 Å². The van der Waals surface area contributed by atoms with E-state index >= 15 is 0 Å². The molecule has 1 saturated heterocycles. The number of carboxylic acid groups (broad SMARTS) is 1. The number of likely N-dealkylation sites (tertiary alicyclic amines) is 1. The van der Waals surface area contributed by atoms with E-state index in [1.807, 2.05) is 0 Å². The Hall–Kier alpha value is -2.79. The summed E-state index contributed by atoms with van der Waals surface area (Å²) in [6, 6.07) is -3.55. The van der Waals surface area contributed by atoms with Crippen molar-refractivity contribution >= 4 is 29.6 Å². The van der Waals surface area contributed by atoms with Crippen LogP contribution in [0.5, 0.6) is 0 Å². The molecular formula is C27H40F2N4O6. The first-order valence-corrected chi connectivity index (χ1v) is 14.2. The second-order valence-corrected chi connectivity index (χ2v) is 12.1. The highest BCUT2D eigenvalue weighted by Gasteiger charge is 2.51. The van der Waals surface area contributed by atoms with Crippen LogP contribution in [0.3, 0.4) is 0 Å². The number of hydrogen-bond donors (Lipinski definition) is 4. The summed E-state index contributed by atoms with van der Waals surface area (Å²) in [5.41, 5.74) is -0.303. The van der Waals surface area contributed by atoms with Crippen molar-refractivity contribution in [2.24, 2.45) is 11.3 Å². The highest BCUT2D eigenvalue weighted by molar-refractivity contribution is 6.38. The lowest BCUT2D eigenvalue weighted by Gasteiger charge is -2.37. The van der Waals surface area contributed by atoms with Crippen molar-refractivity contribution in [2.45, 2.75) is 120 Å². The monoisotopic (exact) mass is 554 g/mol. The van der Waals surface area contributed by atoms with Gasteiger partial charge in [-0.15, -0.1) is 0 Å². The van der Waals surface area contributed by atoms with Crippen molar-refractivity contribution in [3.05, 3.63) is 0 Å². The fraction of sp³-hybridized carbons (Fsp3) is 0.815. The SMILES string of the molecule is CC(F)(F)CCC(NC(=O)C1CC2(CCCCC2)CN1C(=O)[C@H](NC(=O)O)C1CCC1)C(=O)C(=O)NC1CC1. The highest BCUT2D eigenvalue weighted by atomic mass is 19.3. The Balaban J connectivity index is 1.55. The predicted molar refractivity (Wildman–Crippen MR) is 136 cm³/mol. The Morgan fingerprint density at radius 1 is 1.00 bits per heavy atom. The molecule has 2 unspecified atom stereocenters. The summed E-state index contributed by atoms with van der Waals surface area (Å²) in [6.45, 7) is 1.00. The number of Topliss-reactive ketones (excluding diaryl/α,β-unsaturated/α-hetero) is 1. The number of nitrogens with one attached hydrogen (secondary N) is 3. The standard InChI is InChI=1S/C27H40F2N4O6/c1-26(28,29)13-10-18(21(34)23(36)30-17-8-9-17)31-22(35)19-14-27(11-3-2-4-12-27)15-33(19)24(37)20(32-25(38)39)16-6-5-7-16/h16-20,32H,2-15H2,1H3,(H,30,36)(H,31,35)(H,38,39)/t18?,19?,20-/m1/s1. The summed E-state index contributed by atoms with van der Waals surface area (Å²) >= 11 is 0. The summed E-state index contributed by atoms with van der Waals surface area (Å²) in [6.07, 6.45) is 6.22. The number of nitrogens with zero attached hydrogens (tertiary/aromatic N) is 1. The Morgan fingerprint density at radius 3 is 2.21 bits per heavy atom.